The Morgan fingerprint density at radius 1 is 0.417 bits per heavy atom. The van der Waals surface area contributed by atoms with Crippen molar-refractivity contribution in [2.45, 2.75) is 211 Å². The molecule has 0 bridgehead atoms. The van der Waals surface area contributed by atoms with Crippen LogP contribution in [0.2, 0.25) is 0 Å². The molecule has 0 radical (unpaired) electrons. The van der Waals surface area contributed by atoms with Crippen LogP contribution in [0.15, 0.2) is 138 Å². The first-order chi connectivity index (χ1) is 55.6. The molecule has 0 saturated carbocycles. The van der Waals surface area contributed by atoms with Crippen molar-refractivity contribution in [2.75, 3.05) is 38.5 Å². The molecule has 666 valence electrons. The monoisotopic (exact) mass is 1780 g/mol. The number of aromatic amines is 3. The number of esters is 3. The number of aromatic nitrogens is 6. The van der Waals surface area contributed by atoms with E-state index in [9.17, 15) is 98.5 Å². The van der Waals surface area contributed by atoms with Crippen LogP contribution in [0, 0.1) is 35.2 Å². The van der Waals surface area contributed by atoms with Crippen molar-refractivity contribution in [1.82, 2.24) is 28.7 Å². The molecule has 0 spiro atoms. The van der Waals surface area contributed by atoms with Crippen LogP contribution in [0.1, 0.15) is 123 Å². The molecule has 0 amide bonds. The van der Waals surface area contributed by atoms with Crippen molar-refractivity contribution >= 4 is 40.7 Å². The predicted molar refractivity (Wildman–Crippen MR) is 408 cm³/mol. The van der Waals surface area contributed by atoms with Crippen LogP contribution >= 0.6 is 22.8 Å². The van der Waals surface area contributed by atoms with Gasteiger partial charge in [-0.25, -0.2) is 54.4 Å². The fourth-order valence-corrected chi connectivity index (χ4v) is 19.6. The lowest BCUT2D eigenvalue weighted by molar-refractivity contribution is -0.152. The molecule has 3 aliphatic heterocycles. The van der Waals surface area contributed by atoms with Crippen LogP contribution in [0.4, 0.5) is 39.5 Å². The molecule has 0 aliphatic carbocycles. The number of aliphatic hydroxyl groups is 3. The van der Waals surface area contributed by atoms with Crippen molar-refractivity contribution in [1.29, 1.82) is 0 Å². The lowest BCUT2D eigenvalue weighted by Gasteiger charge is -2.36. The molecule has 3 aliphatic rings. The summed E-state index contributed by atoms with van der Waals surface area (Å²) in [6, 6.07) is 23.4. The number of carbonyl (C=O) groups excluding carboxylic acids is 3. The molecule has 3 saturated heterocycles. The fraction of sp³-hybridized carbons (Fsp3) is 0.560. The highest BCUT2D eigenvalue weighted by Crippen LogP contribution is 2.60. The number of nitrogens with zero attached hydrogens (tertiary/aromatic N) is 3. The Balaban J connectivity index is 0.000000248. The zero-order chi connectivity index (χ0) is 90.1. The Morgan fingerprint density at radius 2 is 0.625 bits per heavy atom. The SMILES string of the molecule is CC(C)OC(=O)[C@H](C)CP(=O)(Oc1ccccc1)OC(C)(C)[C@H]1O[C@@H](n2cc(F)c(=O)[nH]c2=O)C(F)(CF)[C@H]1O.CC(C)OC(=O)[C@H](C)C[P@@](=O)(Oc1ccccc1)OC(C)(C)[C@H]1O[C@@H](n2cc(F)c(=O)[nH]c2=O)C(F)(CF)[C@H]1O.CC(C)OC(=O)[C@H](C)C[P@](=O)(Oc1ccccc1)OC(C)(C)[C@H]1O[C@@H](n2cc(F)c(=O)[nH]c2=O)C(F)(CF)[C@H]1O. The van der Waals surface area contributed by atoms with Gasteiger partial charge in [-0.2, -0.15) is 13.2 Å². The van der Waals surface area contributed by atoms with Crippen LogP contribution in [0.25, 0.3) is 0 Å². The van der Waals surface area contributed by atoms with Crippen molar-refractivity contribution in [3.63, 3.8) is 0 Å². The van der Waals surface area contributed by atoms with E-state index < -0.39 is 256 Å². The normalized spacial score (nSPS) is 25.4. The lowest BCUT2D eigenvalue weighted by atomic mass is 9.89. The summed E-state index contributed by atoms with van der Waals surface area (Å²) in [5.74, 6) is -9.19. The van der Waals surface area contributed by atoms with Crippen LogP contribution in [-0.4, -0.2) is 189 Å². The van der Waals surface area contributed by atoms with Crippen LogP contribution in [-0.2, 0) is 70.1 Å². The number of para-hydroxylation sites is 3. The first-order valence-corrected chi connectivity index (χ1v) is 42.3. The first-order valence-electron chi connectivity index (χ1n) is 37.1. The van der Waals surface area contributed by atoms with Crippen LogP contribution in [0.5, 0.6) is 17.2 Å². The van der Waals surface area contributed by atoms with Gasteiger partial charge in [0.05, 0.1) is 73.1 Å². The van der Waals surface area contributed by atoms with Gasteiger partial charge < -0.3 is 57.3 Å². The van der Waals surface area contributed by atoms with E-state index in [1.54, 1.807) is 111 Å². The number of hydrogen-bond acceptors (Lipinski definition) is 27. The molecule has 120 heavy (non-hydrogen) atoms. The quantitative estimate of drug-likeness (QED) is 0.00965. The van der Waals surface area contributed by atoms with E-state index in [2.05, 4.69) is 0 Å². The van der Waals surface area contributed by atoms with Crippen molar-refractivity contribution in [3.8, 4) is 17.2 Å². The third-order valence-electron chi connectivity index (χ3n) is 18.4. The van der Waals surface area contributed by atoms with Gasteiger partial charge in [0.1, 0.15) is 90.7 Å². The van der Waals surface area contributed by atoms with Gasteiger partial charge in [-0.05, 0) is 119 Å². The fourth-order valence-electron chi connectivity index (χ4n) is 12.7. The number of rotatable bonds is 33. The molecule has 6 aromatic rings. The summed E-state index contributed by atoms with van der Waals surface area (Å²) in [7, 11) is -13.0. The topological polar surface area (TPSA) is 438 Å². The zero-order valence-electron chi connectivity index (χ0n) is 67.5. The zero-order valence-corrected chi connectivity index (χ0v) is 70.2. The number of hydrogen-bond donors (Lipinski definition) is 6. The number of ether oxygens (including phenoxy) is 6. The predicted octanol–water partition coefficient (Wildman–Crippen LogP) is 9.80. The van der Waals surface area contributed by atoms with E-state index in [0.29, 0.717) is 18.6 Å². The summed E-state index contributed by atoms with van der Waals surface area (Å²) in [5, 5.41) is 32.5. The second-order valence-electron chi connectivity index (χ2n) is 31.0. The molecule has 3 aromatic carbocycles. The van der Waals surface area contributed by atoms with Gasteiger partial charge in [-0.1, -0.05) is 75.4 Å². The number of aliphatic hydroxyl groups excluding tert-OH is 3. The standard InChI is InChI=1S/3C25H32F3N2O9P/c3*1-14(2)36-21(33)15(3)12-40(35,38-16-9-7-6-8-10-16)39-24(4,5)19-18(31)25(28,13-26)22(37-19)30-11-17(27)20(32)29-23(30)34/h3*6-11,14-15,18-19,22,31H,12-13H2,1-5H3,(H,29,32,34)/t15-,18+,19+,22-,25?,40?;15-,18+,19+,22-,25?,40+;15-,18+,19+,22-,25?,40-/m111/s1. The minimum atomic E-state index is -4.35. The summed E-state index contributed by atoms with van der Waals surface area (Å²) in [4.78, 5) is 113. The van der Waals surface area contributed by atoms with E-state index in [0.717, 1.165) is 0 Å². The second-order valence-corrected chi connectivity index (χ2v) is 36.9. The Morgan fingerprint density at radius 3 is 0.817 bits per heavy atom. The number of H-pyrrole nitrogens is 3. The molecule has 6 heterocycles. The number of benzene rings is 3. The molecule has 45 heteroatoms. The van der Waals surface area contributed by atoms with E-state index in [1.807, 2.05) is 0 Å². The molecule has 33 nitrogen and oxygen atoms in total. The highest BCUT2D eigenvalue weighted by atomic mass is 31.2. The van der Waals surface area contributed by atoms with Gasteiger partial charge in [-0.3, -0.25) is 71.0 Å². The van der Waals surface area contributed by atoms with Gasteiger partial charge in [0.15, 0.2) is 18.7 Å². The largest absolute Gasteiger partial charge is 0.463 e. The minimum Gasteiger partial charge on any atom is -0.463 e. The highest BCUT2D eigenvalue weighted by Gasteiger charge is 2.67. The second kappa shape index (κ2) is 39.2. The summed E-state index contributed by atoms with van der Waals surface area (Å²) in [6.07, 6.45) is -21.0. The maximum Gasteiger partial charge on any atom is 0.380 e. The van der Waals surface area contributed by atoms with E-state index >= 15 is 13.2 Å². The number of nitrogens with one attached hydrogen (secondary N) is 3. The molecular formula is C75H96F9N6O27P3. The Kier molecular flexibility index (Phi) is 32.1. The number of carbonyl (C=O) groups is 3. The van der Waals surface area contributed by atoms with Gasteiger partial charge in [-0.15, -0.1) is 0 Å². The molecule has 9 rings (SSSR count). The smallest absolute Gasteiger partial charge is 0.380 e. The van der Waals surface area contributed by atoms with E-state index in [1.165, 1.54) is 98.7 Å². The van der Waals surface area contributed by atoms with Crippen LogP contribution < -0.4 is 47.3 Å². The summed E-state index contributed by atoms with van der Waals surface area (Å²) < 4.78 is 241. The summed E-state index contributed by atoms with van der Waals surface area (Å²) in [6.45, 7) is 15.9. The van der Waals surface area contributed by atoms with Crippen molar-refractivity contribution < 1.29 is 138 Å². The third kappa shape index (κ3) is 23.3. The van der Waals surface area contributed by atoms with Crippen molar-refractivity contribution in [2.24, 2.45) is 17.8 Å². The average molecular weight is 1780 g/mol. The molecule has 18 atom stereocenters. The van der Waals surface area contributed by atoms with Gasteiger partial charge >= 0.3 is 57.8 Å². The van der Waals surface area contributed by atoms with Crippen molar-refractivity contribution in [3.05, 3.63) is 190 Å². The summed E-state index contributed by atoms with van der Waals surface area (Å²) >= 11 is 0. The van der Waals surface area contributed by atoms with E-state index in [4.69, 9.17) is 55.6 Å². The first kappa shape index (κ1) is 98.3. The maximum absolute atomic E-state index is 15.9. The van der Waals surface area contributed by atoms with E-state index in [-0.39, 0.29) is 30.9 Å². The van der Waals surface area contributed by atoms with Crippen LogP contribution in [0.3, 0.4) is 0 Å². The van der Waals surface area contributed by atoms with Gasteiger partial charge in [0.2, 0.25) is 34.5 Å². The number of alkyl halides is 6. The Labute approximate surface area is 679 Å². The highest BCUT2D eigenvalue weighted by molar-refractivity contribution is 7.55. The van der Waals surface area contributed by atoms with Gasteiger partial charge in [0, 0.05) is 0 Å². The molecule has 4 unspecified atom stereocenters. The molecule has 3 fully saturated rings. The third-order valence-corrected chi connectivity index (χ3v) is 25.1. The lowest BCUT2D eigenvalue weighted by Crippen LogP contribution is -2.51. The number of halogens is 9. The maximum atomic E-state index is 15.9. The molecular weight excluding hydrogens is 1680 g/mol. The average Bonchev–Trinajstić information content (AvgIpc) is 1.60. The Hall–Kier alpha value is -8.79. The molecule has 6 N–H and O–H groups in total. The Bertz CT molecular complexity index is 4590. The van der Waals surface area contributed by atoms with Gasteiger partial charge in [0.25, 0.3) is 16.7 Å². The minimum absolute atomic E-state index is 0.107. The molecule has 3 aromatic heterocycles. The summed E-state index contributed by atoms with van der Waals surface area (Å²) in [5.41, 5.74) is -23.8.